The van der Waals surface area contributed by atoms with E-state index in [1.165, 1.54) is 0 Å². The fraction of sp³-hybridized carbons (Fsp3) is 0.276. The zero-order chi connectivity index (χ0) is 25.6. The Bertz CT molecular complexity index is 1370. The number of rotatable bonds is 8. The third-order valence-electron chi connectivity index (χ3n) is 6.33. The first-order valence-corrected chi connectivity index (χ1v) is 12.5. The summed E-state index contributed by atoms with van der Waals surface area (Å²) in [6, 6.07) is 19.0. The van der Waals surface area contributed by atoms with Gasteiger partial charge in [0.1, 0.15) is 23.0 Å². The van der Waals surface area contributed by atoms with Gasteiger partial charge in [0.15, 0.2) is 5.65 Å². The summed E-state index contributed by atoms with van der Waals surface area (Å²) >= 11 is 0. The maximum Gasteiger partial charge on any atom is 0.246 e. The smallest absolute Gasteiger partial charge is 0.246 e. The summed E-state index contributed by atoms with van der Waals surface area (Å²) in [5, 5.41) is 8.52. The van der Waals surface area contributed by atoms with E-state index in [4.69, 9.17) is 9.47 Å². The van der Waals surface area contributed by atoms with Crippen molar-refractivity contribution in [1.82, 2.24) is 25.0 Å². The minimum absolute atomic E-state index is 0.0406. The minimum Gasteiger partial charge on any atom is -0.457 e. The van der Waals surface area contributed by atoms with Crippen LogP contribution in [0, 0.1) is 0 Å². The fourth-order valence-electron chi connectivity index (χ4n) is 4.52. The van der Waals surface area contributed by atoms with E-state index in [0.717, 1.165) is 48.5 Å². The van der Waals surface area contributed by atoms with E-state index in [-0.39, 0.29) is 11.8 Å². The first kappa shape index (κ1) is 24.5. The molecular weight excluding hydrogens is 466 g/mol. The van der Waals surface area contributed by atoms with Crippen molar-refractivity contribution < 1.29 is 14.3 Å². The maximum atomic E-state index is 12.8. The quantitative estimate of drug-likeness (QED) is 0.330. The van der Waals surface area contributed by atoms with Crippen molar-refractivity contribution in [3.05, 3.63) is 84.7 Å². The molecule has 190 valence electrons. The Hall–Kier alpha value is -4.17. The van der Waals surface area contributed by atoms with Crippen LogP contribution in [0.3, 0.4) is 0 Å². The minimum atomic E-state index is 0.0406. The monoisotopic (exact) mass is 497 g/mol. The number of aromatic amines is 1. The van der Waals surface area contributed by atoms with Crippen LogP contribution in [0.15, 0.2) is 79.0 Å². The number of amides is 1. The lowest BCUT2D eigenvalue weighted by atomic mass is 9.93. The predicted molar refractivity (Wildman–Crippen MR) is 143 cm³/mol. The third-order valence-corrected chi connectivity index (χ3v) is 6.33. The van der Waals surface area contributed by atoms with Gasteiger partial charge in [-0.1, -0.05) is 24.3 Å². The molecule has 0 saturated carbocycles. The number of hydrogen-bond donors (Lipinski definition) is 1. The number of nitrogens with one attached hydrogen (secondary N) is 1. The van der Waals surface area contributed by atoms with Gasteiger partial charge in [-0.25, -0.2) is 4.98 Å². The van der Waals surface area contributed by atoms with Crippen molar-refractivity contribution in [2.75, 3.05) is 33.7 Å². The second-order valence-corrected chi connectivity index (χ2v) is 9.42. The number of likely N-dealkylation sites (tertiary alicyclic amines) is 1. The summed E-state index contributed by atoms with van der Waals surface area (Å²) in [6.45, 7) is 2.10. The molecule has 1 atom stereocenters. The van der Waals surface area contributed by atoms with Gasteiger partial charge in [0, 0.05) is 37.8 Å². The molecule has 0 bridgehead atoms. The second kappa shape index (κ2) is 11.3. The molecule has 3 heterocycles. The Kier molecular flexibility index (Phi) is 7.46. The highest BCUT2D eigenvalue weighted by molar-refractivity contribution is 5.88. The molecule has 1 aliphatic heterocycles. The highest BCUT2D eigenvalue weighted by Crippen LogP contribution is 2.37. The second-order valence-electron chi connectivity index (χ2n) is 9.42. The van der Waals surface area contributed by atoms with Crippen LogP contribution in [0.5, 0.6) is 23.0 Å². The zero-order valence-corrected chi connectivity index (χ0v) is 21.1. The Balaban J connectivity index is 1.32. The molecule has 8 nitrogen and oxygen atoms in total. The van der Waals surface area contributed by atoms with Gasteiger partial charge in [0.25, 0.3) is 0 Å². The number of benzene rings is 2. The normalized spacial score (nSPS) is 16.0. The summed E-state index contributed by atoms with van der Waals surface area (Å²) in [4.78, 5) is 21.1. The van der Waals surface area contributed by atoms with Gasteiger partial charge in [0.05, 0.1) is 11.1 Å². The fourth-order valence-corrected chi connectivity index (χ4v) is 4.52. The number of pyridine rings is 1. The average molecular weight is 498 g/mol. The lowest BCUT2D eigenvalue weighted by Crippen LogP contribution is -2.38. The van der Waals surface area contributed by atoms with Crippen LogP contribution in [0.2, 0.25) is 0 Å². The van der Waals surface area contributed by atoms with Crippen molar-refractivity contribution in [3.8, 4) is 23.0 Å². The molecule has 0 radical (unpaired) electrons. The zero-order valence-electron chi connectivity index (χ0n) is 21.1. The molecule has 2 aromatic heterocycles. The number of carbonyl (C=O) groups excluding carboxylic acids is 1. The van der Waals surface area contributed by atoms with Gasteiger partial charge < -0.3 is 19.3 Å². The van der Waals surface area contributed by atoms with Crippen LogP contribution in [0.25, 0.3) is 11.0 Å². The Labute approximate surface area is 216 Å². The van der Waals surface area contributed by atoms with Gasteiger partial charge in [0.2, 0.25) is 5.91 Å². The molecular formula is C29H31N5O3. The Morgan fingerprint density at radius 3 is 2.54 bits per heavy atom. The van der Waals surface area contributed by atoms with Crippen LogP contribution in [0.1, 0.15) is 24.5 Å². The lowest BCUT2D eigenvalue weighted by Gasteiger charge is -2.31. The highest BCUT2D eigenvalue weighted by atomic mass is 16.5. The maximum absolute atomic E-state index is 12.8. The molecule has 0 spiro atoms. The molecule has 1 N–H and O–H groups in total. The summed E-state index contributed by atoms with van der Waals surface area (Å²) in [5.41, 5.74) is 1.56. The number of H-pyrrole nitrogens is 1. The van der Waals surface area contributed by atoms with E-state index in [0.29, 0.717) is 23.7 Å². The molecule has 8 heteroatoms. The number of likely N-dealkylation sites (N-methyl/N-ethyl adjacent to an activating group) is 1. The third kappa shape index (κ3) is 5.98. The molecule has 1 unspecified atom stereocenters. The predicted octanol–water partition coefficient (Wildman–Crippen LogP) is 5.37. The highest BCUT2D eigenvalue weighted by Gasteiger charge is 2.28. The first-order chi connectivity index (χ1) is 18.1. The summed E-state index contributed by atoms with van der Waals surface area (Å²) in [5.74, 6) is 3.02. The summed E-state index contributed by atoms with van der Waals surface area (Å²) < 4.78 is 12.2. The molecule has 2 aromatic carbocycles. The number of ether oxygens (including phenoxy) is 2. The topological polar surface area (TPSA) is 83.6 Å². The lowest BCUT2D eigenvalue weighted by molar-refractivity contribution is -0.127. The summed E-state index contributed by atoms with van der Waals surface area (Å²) in [7, 11) is 3.96. The Morgan fingerprint density at radius 2 is 1.78 bits per heavy atom. The van der Waals surface area contributed by atoms with Crippen molar-refractivity contribution in [2.45, 2.75) is 18.8 Å². The van der Waals surface area contributed by atoms with Crippen molar-refractivity contribution in [2.24, 2.45) is 0 Å². The van der Waals surface area contributed by atoms with Crippen molar-refractivity contribution >= 4 is 16.9 Å². The summed E-state index contributed by atoms with van der Waals surface area (Å²) in [6.07, 6.45) is 7.16. The number of hydrogen-bond acceptors (Lipinski definition) is 6. The van der Waals surface area contributed by atoms with E-state index in [9.17, 15) is 4.79 Å². The van der Waals surface area contributed by atoms with E-state index in [1.807, 2.05) is 90.6 Å². The van der Waals surface area contributed by atoms with Gasteiger partial charge in [-0.2, -0.15) is 5.10 Å². The molecule has 0 aliphatic carbocycles. The van der Waals surface area contributed by atoms with Crippen LogP contribution in [-0.4, -0.2) is 64.6 Å². The molecule has 37 heavy (non-hydrogen) atoms. The van der Waals surface area contributed by atoms with Gasteiger partial charge in [-0.15, -0.1) is 0 Å². The van der Waals surface area contributed by atoms with E-state index >= 15 is 0 Å². The average Bonchev–Trinajstić information content (AvgIpc) is 3.36. The number of carbonyl (C=O) groups is 1. The van der Waals surface area contributed by atoms with Gasteiger partial charge in [-0.3, -0.25) is 9.89 Å². The van der Waals surface area contributed by atoms with Gasteiger partial charge in [-0.05, 0) is 69.4 Å². The molecule has 4 aromatic rings. The first-order valence-electron chi connectivity index (χ1n) is 12.5. The SMILES string of the molecule is CN(C)CC=CC(=O)N1CCCC(c2n[nH]c3nccc(Oc4ccc(Oc5ccccc5)cc4)c23)C1. The number of piperidine rings is 1. The van der Waals surface area contributed by atoms with Crippen LogP contribution in [-0.2, 0) is 4.79 Å². The van der Waals surface area contributed by atoms with E-state index in [2.05, 4.69) is 15.2 Å². The van der Waals surface area contributed by atoms with Crippen LogP contribution < -0.4 is 9.47 Å². The Morgan fingerprint density at radius 1 is 1.05 bits per heavy atom. The molecule has 5 rings (SSSR count). The van der Waals surface area contributed by atoms with Crippen molar-refractivity contribution in [1.29, 1.82) is 0 Å². The van der Waals surface area contributed by atoms with Crippen LogP contribution in [0.4, 0.5) is 0 Å². The van der Waals surface area contributed by atoms with Crippen molar-refractivity contribution in [3.63, 3.8) is 0 Å². The largest absolute Gasteiger partial charge is 0.457 e. The van der Waals surface area contributed by atoms with E-state index < -0.39 is 0 Å². The molecule has 1 amide bonds. The van der Waals surface area contributed by atoms with Gasteiger partial charge >= 0.3 is 0 Å². The van der Waals surface area contributed by atoms with E-state index in [1.54, 1.807) is 12.3 Å². The molecule has 1 aliphatic rings. The standard InChI is InChI=1S/C29H31N5O3/c1-33(2)18-7-11-26(35)34-19-6-8-21(20-34)28-27-25(16-17-30-29(27)32-31-28)37-24-14-12-23(13-15-24)36-22-9-4-3-5-10-22/h3-5,7,9-17,21H,6,8,18-20H2,1-2H3,(H,30,31,32). The number of nitrogens with zero attached hydrogens (tertiary/aromatic N) is 4. The number of para-hydroxylation sites is 1. The molecule has 1 saturated heterocycles. The number of fused-ring (bicyclic) bond motifs is 1. The molecule has 1 fully saturated rings. The van der Waals surface area contributed by atoms with Crippen LogP contribution >= 0.6 is 0 Å². The number of aromatic nitrogens is 3.